The summed E-state index contributed by atoms with van der Waals surface area (Å²) in [6.45, 7) is 6.36. The second-order valence-corrected chi connectivity index (χ2v) is 9.34. The Labute approximate surface area is 192 Å². The third kappa shape index (κ3) is 8.15. The van der Waals surface area contributed by atoms with E-state index in [-0.39, 0.29) is 17.9 Å². The molecule has 1 N–H and O–H groups in total. The second-order valence-electron chi connectivity index (χ2n) is 7.44. The van der Waals surface area contributed by atoms with Crippen LogP contribution in [-0.4, -0.2) is 41.1 Å². The molecular weight excluding hydrogens is 460 g/mol. The molecule has 0 spiro atoms. The zero-order valence-corrected chi connectivity index (χ0v) is 20.3. The molecule has 0 aliphatic carbocycles. The van der Waals surface area contributed by atoms with E-state index >= 15 is 0 Å². The van der Waals surface area contributed by atoms with Gasteiger partial charge in [0.05, 0.1) is 5.75 Å². The van der Waals surface area contributed by atoms with Crippen LogP contribution in [0.1, 0.15) is 38.3 Å². The number of carbonyl (C=O) groups is 2. The molecule has 0 aromatic heterocycles. The van der Waals surface area contributed by atoms with Crippen molar-refractivity contribution < 1.29 is 9.59 Å². The topological polar surface area (TPSA) is 49.4 Å². The first-order chi connectivity index (χ1) is 14.4. The molecule has 0 fully saturated rings. The quantitative estimate of drug-likeness (QED) is 0.478. The Morgan fingerprint density at radius 2 is 1.70 bits per heavy atom. The number of hydrogen-bond donors (Lipinski definition) is 1. The van der Waals surface area contributed by atoms with Gasteiger partial charge in [-0.25, -0.2) is 0 Å². The lowest BCUT2D eigenvalue weighted by Gasteiger charge is -2.29. The Hall–Kier alpha value is -1.79. The number of carbonyl (C=O) groups excluding carboxylic acids is 2. The molecule has 0 bridgehead atoms. The first kappa shape index (κ1) is 24.5. The Morgan fingerprint density at radius 1 is 1.03 bits per heavy atom. The van der Waals surface area contributed by atoms with Crippen LogP contribution < -0.4 is 5.32 Å². The predicted octanol–water partition coefficient (Wildman–Crippen LogP) is 5.06. The van der Waals surface area contributed by atoms with Gasteiger partial charge in [0.25, 0.3) is 0 Å². The monoisotopic (exact) mass is 490 g/mol. The minimum absolute atomic E-state index is 0.000144. The van der Waals surface area contributed by atoms with Crippen LogP contribution in [0.25, 0.3) is 0 Å². The van der Waals surface area contributed by atoms with E-state index in [9.17, 15) is 9.59 Å². The summed E-state index contributed by atoms with van der Waals surface area (Å²) in [7, 11) is 0. The molecule has 0 saturated heterocycles. The van der Waals surface area contributed by atoms with Crippen molar-refractivity contribution in [2.45, 2.75) is 51.4 Å². The standard InChI is InChI=1S/C24H31BrN2O2S/c1-4-18(2)26-24(29)19(3)27(15-14-20-8-6-5-7-9-20)23(28)17-30-16-21-10-12-22(25)13-11-21/h5-13,18-19H,4,14-17H2,1-3H3,(H,26,29). The van der Waals surface area contributed by atoms with E-state index in [4.69, 9.17) is 0 Å². The molecule has 2 rings (SSSR count). The van der Waals surface area contributed by atoms with Crippen LogP contribution >= 0.6 is 27.7 Å². The zero-order valence-electron chi connectivity index (χ0n) is 17.9. The molecule has 162 valence electrons. The Morgan fingerprint density at radius 3 is 2.33 bits per heavy atom. The minimum atomic E-state index is -0.497. The summed E-state index contributed by atoms with van der Waals surface area (Å²) in [4.78, 5) is 27.4. The number of hydrogen-bond acceptors (Lipinski definition) is 3. The Balaban J connectivity index is 1.99. The van der Waals surface area contributed by atoms with Gasteiger partial charge in [0.2, 0.25) is 11.8 Å². The van der Waals surface area contributed by atoms with Crippen molar-refractivity contribution in [3.05, 3.63) is 70.2 Å². The van der Waals surface area contributed by atoms with Gasteiger partial charge in [-0.2, -0.15) is 0 Å². The largest absolute Gasteiger partial charge is 0.352 e. The van der Waals surface area contributed by atoms with E-state index in [0.29, 0.717) is 12.3 Å². The molecule has 2 amide bonds. The third-order valence-electron chi connectivity index (χ3n) is 5.06. The lowest BCUT2D eigenvalue weighted by atomic mass is 10.1. The van der Waals surface area contributed by atoms with Gasteiger partial charge in [-0.1, -0.05) is 65.3 Å². The van der Waals surface area contributed by atoms with Gasteiger partial charge in [0.1, 0.15) is 6.04 Å². The minimum Gasteiger partial charge on any atom is -0.352 e. The summed E-state index contributed by atoms with van der Waals surface area (Å²) in [6.07, 6.45) is 1.59. The maximum absolute atomic E-state index is 13.0. The van der Waals surface area contributed by atoms with E-state index in [2.05, 4.69) is 45.5 Å². The average molecular weight is 491 g/mol. The fourth-order valence-corrected chi connectivity index (χ4v) is 4.09. The van der Waals surface area contributed by atoms with Crippen molar-refractivity contribution in [2.75, 3.05) is 12.3 Å². The summed E-state index contributed by atoms with van der Waals surface area (Å²) >= 11 is 5.02. The SMILES string of the molecule is CCC(C)NC(=O)C(C)N(CCc1ccccc1)C(=O)CSCc1ccc(Br)cc1. The van der Waals surface area contributed by atoms with Crippen molar-refractivity contribution in [3.8, 4) is 0 Å². The molecule has 0 aliphatic heterocycles. The highest BCUT2D eigenvalue weighted by atomic mass is 79.9. The fourth-order valence-electron chi connectivity index (χ4n) is 2.96. The first-order valence-corrected chi connectivity index (χ1v) is 12.3. The molecule has 0 saturated carbocycles. The van der Waals surface area contributed by atoms with Gasteiger partial charge < -0.3 is 10.2 Å². The summed E-state index contributed by atoms with van der Waals surface area (Å²) in [5.74, 6) is 1.02. The van der Waals surface area contributed by atoms with Gasteiger partial charge in [-0.05, 0) is 49.9 Å². The Kier molecular flexibility index (Phi) is 10.4. The highest BCUT2D eigenvalue weighted by Crippen LogP contribution is 2.17. The number of amides is 2. The molecule has 2 atom stereocenters. The molecule has 0 aliphatic rings. The van der Waals surface area contributed by atoms with Gasteiger partial charge in [0, 0.05) is 22.8 Å². The number of thioether (sulfide) groups is 1. The van der Waals surface area contributed by atoms with E-state index in [1.807, 2.05) is 51.1 Å². The number of rotatable bonds is 11. The summed E-state index contributed by atoms with van der Waals surface area (Å²) in [6, 6.07) is 17.8. The van der Waals surface area contributed by atoms with Gasteiger partial charge >= 0.3 is 0 Å². The smallest absolute Gasteiger partial charge is 0.242 e. The zero-order chi connectivity index (χ0) is 21.9. The predicted molar refractivity (Wildman–Crippen MR) is 130 cm³/mol. The number of benzene rings is 2. The van der Waals surface area contributed by atoms with Crippen molar-refractivity contribution in [1.82, 2.24) is 10.2 Å². The van der Waals surface area contributed by atoms with Crippen molar-refractivity contribution in [1.29, 1.82) is 0 Å². The molecule has 2 aromatic rings. The molecule has 0 heterocycles. The van der Waals surface area contributed by atoms with Crippen LogP contribution in [0.15, 0.2) is 59.1 Å². The number of halogens is 1. The van der Waals surface area contributed by atoms with Crippen LogP contribution in [0.4, 0.5) is 0 Å². The highest BCUT2D eigenvalue weighted by Gasteiger charge is 2.26. The Bertz CT molecular complexity index is 799. The average Bonchev–Trinajstić information content (AvgIpc) is 2.75. The highest BCUT2D eigenvalue weighted by molar-refractivity contribution is 9.10. The van der Waals surface area contributed by atoms with Gasteiger partial charge in [0.15, 0.2) is 0 Å². The molecule has 0 radical (unpaired) electrons. The van der Waals surface area contributed by atoms with E-state index in [1.165, 1.54) is 5.56 Å². The lowest BCUT2D eigenvalue weighted by Crippen LogP contribution is -2.51. The lowest BCUT2D eigenvalue weighted by molar-refractivity contribution is -0.138. The van der Waals surface area contributed by atoms with Crippen molar-refractivity contribution >= 4 is 39.5 Å². The van der Waals surface area contributed by atoms with Crippen molar-refractivity contribution in [3.63, 3.8) is 0 Å². The maximum atomic E-state index is 13.0. The van der Waals surface area contributed by atoms with Crippen LogP contribution in [-0.2, 0) is 21.8 Å². The molecule has 2 unspecified atom stereocenters. The first-order valence-electron chi connectivity index (χ1n) is 10.4. The fraction of sp³-hybridized carbons (Fsp3) is 0.417. The van der Waals surface area contributed by atoms with Gasteiger partial charge in [-0.3, -0.25) is 9.59 Å². The number of nitrogens with one attached hydrogen (secondary N) is 1. The van der Waals surface area contributed by atoms with E-state index in [1.54, 1.807) is 16.7 Å². The van der Waals surface area contributed by atoms with Crippen LogP contribution in [0.2, 0.25) is 0 Å². The van der Waals surface area contributed by atoms with E-state index < -0.39 is 6.04 Å². The third-order valence-corrected chi connectivity index (χ3v) is 6.58. The van der Waals surface area contributed by atoms with Gasteiger partial charge in [-0.15, -0.1) is 11.8 Å². The summed E-state index contributed by atoms with van der Waals surface area (Å²) < 4.78 is 1.04. The molecule has 30 heavy (non-hydrogen) atoms. The molecule has 4 nitrogen and oxygen atoms in total. The number of nitrogens with zero attached hydrogens (tertiary/aromatic N) is 1. The van der Waals surface area contributed by atoms with E-state index in [0.717, 1.165) is 28.6 Å². The molecule has 2 aromatic carbocycles. The molecule has 6 heteroatoms. The van der Waals surface area contributed by atoms with Crippen molar-refractivity contribution in [2.24, 2.45) is 0 Å². The maximum Gasteiger partial charge on any atom is 0.242 e. The van der Waals surface area contributed by atoms with Crippen LogP contribution in [0.5, 0.6) is 0 Å². The second kappa shape index (κ2) is 12.8. The van der Waals surface area contributed by atoms with Crippen LogP contribution in [0, 0.1) is 0 Å². The summed E-state index contributed by atoms with van der Waals surface area (Å²) in [5.41, 5.74) is 2.33. The summed E-state index contributed by atoms with van der Waals surface area (Å²) in [5, 5.41) is 3.01. The van der Waals surface area contributed by atoms with Crippen LogP contribution in [0.3, 0.4) is 0 Å². The normalized spacial score (nSPS) is 12.8. The molecular formula is C24H31BrN2O2S.